The Labute approximate surface area is 135 Å². The Morgan fingerprint density at radius 2 is 2.04 bits per heavy atom. The molecule has 0 aliphatic carbocycles. The number of hydrogen-bond donors (Lipinski definition) is 0. The van der Waals surface area contributed by atoms with Crippen LogP contribution in [0.25, 0.3) is 5.65 Å². The summed E-state index contributed by atoms with van der Waals surface area (Å²) < 4.78 is 1.64. The molecule has 0 saturated carbocycles. The highest BCUT2D eigenvalue weighted by Gasteiger charge is 2.22. The van der Waals surface area contributed by atoms with Crippen LogP contribution >= 0.6 is 0 Å². The molecule has 0 radical (unpaired) electrons. The lowest BCUT2D eigenvalue weighted by Gasteiger charge is -2.18. The second-order valence-electron chi connectivity index (χ2n) is 5.96. The molecule has 0 spiro atoms. The predicted octanol–water partition coefficient (Wildman–Crippen LogP) is 3.44. The first-order chi connectivity index (χ1) is 11.0. The van der Waals surface area contributed by atoms with Gasteiger partial charge in [0.15, 0.2) is 5.65 Å². The van der Waals surface area contributed by atoms with Gasteiger partial charge in [-0.1, -0.05) is 26.0 Å². The third-order valence-corrected chi connectivity index (χ3v) is 4.01. The monoisotopic (exact) mass is 308 g/mol. The predicted molar refractivity (Wildman–Crippen MR) is 91.0 cm³/mol. The van der Waals surface area contributed by atoms with E-state index in [0.717, 1.165) is 5.69 Å². The number of rotatable bonds is 3. The van der Waals surface area contributed by atoms with Crippen LogP contribution in [-0.2, 0) is 0 Å². The maximum Gasteiger partial charge on any atom is 0.263 e. The molecule has 0 N–H and O–H groups in total. The molecule has 0 atom stereocenters. The van der Waals surface area contributed by atoms with Crippen molar-refractivity contribution in [2.45, 2.75) is 26.7 Å². The van der Waals surface area contributed by atoms with Crippen molar-refractivity contribution in [1.29, 1.82) is 0 Å². The molecule has 1 amide bonds. The van der Waals surface area contributed by atoms with E-state index in [4.69, 9.17) is 0 Å². The van der Waals surface area contributed by atoms with Gasteiger partial charge in [0.1, 0.15) is 5.56 Å². The molecular formula is C18H20N4O. The third-order valence-electron chi connectivity index (χ3n) is 4.01. The van der Waals surface area contributed by atoms with Crippen molar-refractivity contribution >= 4 is 17.2 Å². The summed E-state index contributed by atoms with van der Waals surface area (Å²) in [5.41, 5.74) is 3.89. The molecule has 5 heteroatoms. The Morgan fingerprint density at radius 1 is 1.26 bits per heavy atom. The van der Waals surface area contributed by atoms with Gasteiger partial charge in [-0.25, -0.2) is 9.50 Å². The van der Waals surface area contributed by atoms with Crippen LogP contribution in [0, 0.1) is 6.92 Å². The van der Waals surface area contributed by atoms with Crippen LogP contribution in [0.1, 0.15) is 41.4 Å². The molecule has 0 aliphatic heterocycles. The van der Waals surface area contributed by atoms with E-state index in [9.17, 15) is 4.79 Å². The largest absolute Gasteiger partial charge is 0.311 e. The maximum absolute atomic E-state index is 13.0. The average molecular weight is 308 g/mol. The van der Waals surface area contributed by atoms with Gasteiger partial charge in [-0.3, -0.25) is 4.79 Å². The molecule has 2 aromatic heterocycles. The lowest BCUT2D eigenvalue weighted by Crippen LogP contribution is -2.27. The second-order valence-corrected chi connectivity index (χ2v) is 5.96. The summed E-state index contributed by atoms with van der Waals surface area (Å²) in [6, 6.07) is 9.85. The zero-order valence-corrected chi connectivity index (χ0v) is 13.8. The lowest BCUT2D eigenvalue weighted by molar-refractivity contribution is 0.0994. The fraction of sp³-hybridized carbons (Fsp3) is 0.278. The van der Waals surface area contributed by atoms with Crippen molar-refractivity contribution in [2.24, 2.45) is 0 Å². The van der Waals surface area contributed by atoms with E-state index in [2.05, 4.69) is 36.1 Å². The summed E-state index contributed by atoms with van der Waals surface area (Å²) in [6.45, 7) is 6.11. The number of aromatic nitrogens is 3. The van der Waals surface area contributed by atoms with Gasteiger partial charge in [-0.2, -0.15) is 5.10 Å². The molecule has 3 aromatic rings. The molecule has 118 valence electrons. The Morgan fingerprint density at radius 3 is 2.78 bits per heavy atom. The van der Waals surface area contributed by atoms with E-state index in [1.165, 1.54) is 5.56 Å². The number of carbonyl (C=O) groups excluding carboxylic acids is 1. The van der Waals surface area contributed by atoms with Crippen molar-refractivity contribution in [2.75, 3.05) is 11.9 Å². The van der Waals surface area contributed by atoms with Gasteiger partial charge in [0.05, 0.1) is 5.69 Å². The highest BCUT2D eigenvalue weighted by molar-refractivity contribution is 6.10. The summed E-state index contributed by atoms with van der Waals surface area (Å²) in [7, 11) is 1.79. The van der Waals surface area contributed by atoms with Gasteiger partial charge in [0.25, 0.3) is 5.91 Å². The molecule has 0 saturated heterocycles. The first kappa shape index (κ1) is 15.2. The lowest BCUT2D eigenvalue weighted by atomic mass is 10.0. The molecule has 3 rings (SSSR count). The van der Waals surface area contributed by atoms with Crippen molar-refractivity contribution in [3.63, 3.8) is 0 Å². The minimum absolute atomic E-state index is 0.0999. The topological polar surface area (TPSA) is 50.5 Å². The fourth-order valence-corrected chi connectivity index (χ4v) is 2.62. The number of benzene rings is 1. The van der Waals surface area contributed by atoms with Crippen molar-refractivity contribution in [1.82, 2.24) is 14.6 Å². The van der Waals surface area contributed by atoms with E-state index in [1.807, 2.05) is 19.1 Å². The zero-order valence-electron chi connectivity index (χ0n) is 13.8. The highest BCUT2D eigenvalue weighted by atomic mass is 16.2. The van der Waals surface area contributed by atoms with Crippen LogP contribution in [0.4, 0.5) is 5.69 Å². The summed E-state index contributed by atoms with van der Waals surface area (Å²) in [5, 5.41) is 4.36. The van der Waals surface area contributed by atoms with Crippen molar-refractivity contribution in [3.8, 4) is 0 Å². The van der Waals surface area contributed by atoms with Crippen LogP contribution < -0.4 is 4.90 Å². The minimum Gasteiger partial charge on any atom is -0.311 e. The number of amides is 1. The summed E-state index contributed by atoms with van der Waals surface area (Å²) in [4.78, 5) is 18.9. The Hall–Kier alpha value is -2.69. The van der Waals surface area contributed by atoms with Gasteiger partial charge >= 0.3 is 0 Å². The van der Waals surface area contributed by atoms with Crippen LogP contribution in [-0.4, -0.2) is 27.6 Å². The average Bonchev–Trinajstić information content (AvgIpc) is 2.89. The van der Waals surface area contributed by atoms with Gasteiger partial charge in [0, 0.05) is 25.1 Å². The van der Waals surface area contributed by atoms with Gasteiger partial charge in [0.2, 0.25) is 0 Å². The molecule has 2 heterocycles. The Balaban J connectivity index is 2.02. The highest BCUT2D eigenvalue weighted by Crippen LogP contribution is 2.23. The molecule has 23 heavy (non-hydrogen) atoms. The molecule has 1 aromatic carbocycles. The number of anilines is 1. The van der Waals surface area contributed by atoms with E-state index in [0.29, 0.717) is 22.8 Å². The molecule has 0 bridgehead atoms. The van der Waals surface area contributed by atoms with E-state index in [1.54, 1.807) is 34.9 Å². The minimum atomic E-state index is -0.0999. The molecule has 0 fully saturated rings. The van der Waals surface area contributed by atoms with Crippen molar-refractivity contribution in [3.05, 3.63) is 59.5 Å². The Kier molecular flexibility index (Phi) is 3.86. The standard InChI is InChI=1S/C18H20N4O/c1-12(2)14-7-5-8-15(11-14)21(4)18(23)16-13(3)20-22-10-6-9-19-17(16)22/h5-12H,1-4H3. The van der Waals surface area contributed by atoms with E-state index in [-0.39, 0.29) is 5.91 Å². The first-order valence-electron chi connectivity index (χ1n) is 7.67. The number of hydrogen-bond acceptors (Lipinski definition) is 3. The maximum atomic E-state index is 13.0. The number of fused-ring (bicyclic) bond motifs is 1. The van der Waals surface area contributed by atoms with Crippen molar-refractivity contribution < 1.29 is 4.79 Å². The first-order valence-corrected chi connectivity index (χ1v) is 7.67. The zero-order chi connectivity index (χ0) is 16.6. The van der Waals surface area contributed by atoms with Gasteiger partial charge < -0.3 is 4.90 Å². The van der Waals surface area contributed by atoms with E-state index < -0.39 is 0 Å². The van der Waals surface area contributed by atoms with Gasteiger partial charge in [-0.15, -0.1) is 0 Å². The van der Waals surface area contributed by atoms with Crippen LogP contribution in [0.5, 0.6) is 0 Å². The second kappa shape index (κ2) is 5.83. The van der Waals surface area contributed by atoms with E-state index >= 15 is 0 Å². The number of nitrogens with zero attached hydrogens (tertiary/aromatic N) is 4. The molecule has 5 nitrogen and oxygen atoms in total. The van der Waals surface area contributed by atoms with Crippen LogP contribution in [0.15, 0.2) is 42.7 Å². The number of aryl methyl sites for hydroxylation is 1. The molecule has 0 unspecified atom stereocenters. The van der Waals surface area contributed by atoms with Crippen LogP contribution in [0.3, 0.4) is 0 Å². The molecular weight excluding hydrogens is 288 g/mol. The SMILES string of the molecule is Cc1nn2cccnc2c1C(=O)N(C)c1cccc(C(C)C)c1. The fourth-order valence-electron chi connectivity index (χ4n) is 2.62. The third kappa shape index (κ3) is 2.70. The Bertz CT molecular complexity index is 866. The normalized spacial score (nSPS) is 11.2. The molecule has 0 aliphatic rings. The van der Waals surface area contributed by atoms with Crippen LogP contribution in [0.2, 0.25) is 0 Å². The summed E-state index contributed by atoms with van der Waals surface area (Å²) in [5.74, 6) is 0.316. The number of carbonyl (C=O) groups is 1. The quantitative estimate of drug-likeness (QED) is 0.745. The summed E-state index contributed by atoms with van der Waals surface area (Å²) >= 11 is 0. The van der Waals surface area contributed by atoms with Gasteiger partial charge in [-0.05, 0) is 36.6 Å². The summed E-state index contributed by atoms with van der Waals surface area (Å²) in [6.07, 6.45) is 3.47. The smallest absolute Gasteiger partial charge is 0.263 e.